The molecule has 2 aromatic rings. The first-order valence-corrected chi connectivity index (χ1v) is 7.57. The maximum atomic E-state index is 5.14. The first kappa shape index (κ1) is 15.2. The quantitative estimate of drug-likeness (QED) is 0.562. The van der Waals surface area contributed by atoms with E-state index in [1.165, 1.54) is 31.2 Å². The van der Waals surface area contributed by atoms with E-state index in [1.807, 2.05) is 24.3 Å². The van der Waals surface area contributed by atoms with Crippen LogP contribution in [0.25, 0.3) is 0 Å². The molecule has 2 rings (SSSR count). The highest BCUT2D eigenvalue weighted by atomic mass is 16.5. The van der Waals surface area contributed by atoms with E-state index in [0.717, 1.165) is 16.9 Å². The molecule has 0 aliphatic heterocycles. The molecule has 0 bridgehead atoms. The lowest BCUT2D eigenvalue weighted by Gasteiger charge is -2.00. The molecule has 0 N–H and O–H groups in total. The molecule has 0 amide bonds. The van der Waals surface area contributed by atoms with Crippen LogP contribution in [0.4, 0.5) is 0 Å². The zero-order valence-corrected chi connectivity index (χ0v) is 12.9. The Morgan fingerprint density at radius 1 is 0.810 bits per heavy atom. The maximum Gasteiger partial charge on any atom is 0.118 e. The van der Waals surface area contributed by atoms with Crippen molar-refractivity contribution < 1.29 is 4.74 Å². The molecule has 1 nitrogen and oxygen atoms in total. The molecule has 0 aromatic heterocycles. The lowest BCUT2D eigenvalue weighted by atomic mass is 10.1. The Morgan fingerprint density at radius 3 is 1.90 bits per heavy atom. The van der Waals surface area contributed by atoms with Gasteiger partial charge in [-0.05, 0) is 54.8 Å². The molecule has 0 atom stereocenters. The number of ether oxygens (including phenoxy) is 1. The Labute approximate surface area is 128 Å². The van der Waals surface area contributed by atoms with Crippen LogP contribution in [0.5, 0.6) is 5.75 Å². The topological polar surface area (TPSA) is 9.23 Å². The Morgan fingerprint density at radius 2 is 1.38 bits per heavy atom. The predicted octanol–water partition coefficient (Wildman–Crippen LogP) is 4.83. The molecular formula is C20H22O. The summed E-state index contributed by atoms with van der Waals surface area (Å²) in [7, 11) is 1.67. The summed E-state index contributed by atoms with van der Waals surface area (Å²) in [6.45, 7) is 2.23. The van der Waals surface area contributed by atoms with Crippen molar-refractivity contribution in [1.82, 2.24) is 0 Å². The maximum absolute atomic E-state index is 5.14. The van der Waals surface area contributed by atoms with Crippen LogP contribution in [0.1, 0.15) is 42.9 Å². The third-order valence-corrected chi connectivity index (χ3v) is 3.46. The molecule has 0 saturated carbocycles. The zero-order valence-electron chi connectivity index (χ0n) is 12.9. The summed E-state index contributed by atoms with van der Waals surface area (Å²) in [4.78, 5) is 0. The number of rotatable bonds is 5. The van der Waals surface area contributed by atoms with Gasteiger partial charge in [0.2, 0.25) is 0 Å². The van der Waals surface area contributed by atoms with E-state index in [0.29, 0.717) is 0 Å². The Kier molecular flexibility index (Phi) is 5.91. The molecule has 0 saturated heterocycles. The summed E-state index contributed by atoms with van der Waals surface area (Å²) >= 11 is 0. The van der Waals surface area contributed by atoms with E-state index in [9.17, 15) is 0 Å². The fourth-order valence-corrected chi connectivity index (χ4v) is 2.15. The average Bonchev–Trinajstić information content (AvgIpc) is 2.55. The smallest absolute Gasteiger partial charge is 0.118 e. The van der Waals surface area contributed by atoms with Crippen molar-refractivity contribution in [3.8, 4) is 17.6 Å². The highest BCUT2D eigenvalue weighted by Crippen LogP contribution is 2.11. The summed E-state index contributed by atoms with van der Waals surface area (Å²) in [6, 6.07) is 16.4. The van der Waals surface area contributed by atoms with Crippen LogP contribution in [0.3, 0.4) is 0 Å². The number of aryl methyl sites for hydroxylation is 1. The minimum absolute atomic E-state index is 0.858. The van der Waals surface area contributed by atoms with Crippen LogP contribution in [-0.2, 0) is 6.42 Å². The lowest BCUT2D eigenvalue weighted by Crippen LogP contribution is -1.85. The second kappa shape index (κ2) is 8.17. The largest absolute Gasteiger partial charge is 0.497 e. The van der Waals surface area contributed by atoms with E-state index in [4.69, 9.17) is 4.74 Å². The van der Waals surface area contributed by atoms with Crippen molar-refractivity contribution in [2.45, 2.75) is 32.6 Å². The van der Waals surface area contributed by atoms with Gasteiger partial charge in [-0.15, -0.1) is 0 Å². The molecule has 0 fully saturated rings. The molecule has 0 heterocycles. The number of hydrogen-bond donors (Lipinski definition) is 0. The second-order valence-corrected chi connectivity index (χ2v) is 5.13. The zero-order chi connectivity index (χ0) is 14.9. The van der Waals surface area contributed by atoms with Gasteiger partial charge in [-0.25, -0.2) is 0 Å². The molecule has 108 valence electrons. The normalized spacial score (nSPS) is 9.81. The SMILES string of the molecule is CCCCCc1ccc(C#Cc2ccc(OC)cc2)cc1. The third-order valence-electron chi connectivity index (χ3n) is 3.46. The van der Waals surface area contributed by atoms with Gasteiger partial charge < -0.3 is 4.74 Å². The fraction of sp³-hybridized carbons (Fsp3) is 0.300. The van der Waals surface area contributed by atoms with Gasteiger partial charge in [-0.3, -0.25) is 0 Å². The molecule has 0 aliphatic rings. The van der Waals surface area contributed by atoms with Crippen LogP contribution in [0, 0.1) is 11.8 Å². The van der Waals surface area contributed by atoms with Gasteiger partial charge >= 0.3 is 0 Å². The number of methoxy groups -OCH3 is 1. The minimum Gasteiger partial charge on any atom is -0.497 e. The average molecular weight is 278 g/mol. The van der Waals surface area contributed by atoms with Gasteiger partial charge in [0, 0.05) is 11.1 Å². The number of benzene rings is 2. The molecule has 0 spiro atoms. The van der Waals surface area contributed by atoms with Crippen molar-refractivity contribution in [2.24, 2.45) is 0 Å². The van der Waals surface area contributed by atoms with E-state index in [1.54, 1.807) is 7.11 Å². The monoisotopic (exact) mass is 278 g/mol. The Hall–Kier alpha value is -2.20. The Balaban J connectivity index is 1.98. The van der Waals surface area contributed by atoms with Gasteiger partial charge in [-0.2, -0.15) is 0 Å². The standard InChI is InChI=1S/C20H22O/c1-3-4-5-6-17-7-9-18(10-8-17)11-12-19-13-15-20(21-2)16-14-19/h7-10,13-16H,3-6H2,1-2H3. The molecular weight excluding hydrogens is 256 g/mol. The van der Waals surface area contributed by atoms with Gasteiger partial charge in [0.15, 0.2) is 0 Å². The van der Waals surface area contributed by atoms with Crippen LogP contribution < -0.4 is 4.74 Å². The highest BCUT2D eigenvalue weighted by Gasteiger charge is 1.94. The van der Waals surface area contributed by atoms with Gasteiger partial charge in [0.1, 0.15) is 5.75 Å². The van der Waals surface area contributed by atoms with Crippen molar-refractivity contribution >= 4 is 0 Å². The number of hydrogen-bond acceptors (Lipinski definition) is 1. The first-order chi connectivity index (χ1) is 10.3. The van der Waals surface area contributed by atoms with Crippen molar-refractivity contribution in [3.05, 3.63) is 65.2 Å². The summed E-state index contributed by atoms with van der Waals surface area (Å²) in [6.07, 6.45) is 5.01. The summed E-state index contributed by atoms with van der Waals surface area (Å²) in [5, 5.41) is 0. The van der Waals surface area contributed by atoms with Crippen molar-refractivity contribution in [1.29, 1.82) is 0 Å². The molecule has 2 aromatic carbocycles. The lowest BCUT2D eigenvalue weighted by molar-refractivity contribution is 0.415. The van der Waals surface area contributed by atoms with Crippen LogP contribution in [0.15, 0.2) is 48.5 Å². The van der Waals surface area contributed by atoms with Gasteiger partial charge in [0.25, 0.3) is 0 Å². The van der Waals surface area contributed by atoms with Crippen LogP contribution in [0.2, 0.25) is 0 Å². The molecule has 0 unspecified atom stereocenters. The van der Waals surface area contributed by atoms with Gasteiger partial charge in [0.05, 0.1) is 7.11 Å². The molecule has 0 aliphatic carbocycles. The minimum atomic E-state index is 0.858. The predicted molar refractivity (Wildman–Crippen MR) is 88.6 cm³/mol. The third kappa shape index (κ3) is 5.00. The van der Waals surface area contributed by atoms with Crippen molar-refractivity contribution in [2.75, 3.05) is 7.11 Å². The fourth-order valence-electron chi connectivity index (χ4n) is 2.15. The van der Waals surface area contributed by atoms with E-state index >= 15 is 0 Å². The molecule has 1 heteroatoms. The van der Waals surface area contributed by atoms with Crippen LogP contribution in [-0.4, -0.2) is 7.11 Å². The molecule has 0 radical (unpaired) electrons. The van der Waals surface area contributed by atoms with E-state index in [2.05, 4.69) is 43.0 Å². The Bertz CT molecular complexity index is 597. The highest BCUT2D eigenvalue weighted by molar-refractivity contribution is 5.44. The van der Waals surface area contributed by atoms with E-state index < -0.39 is 0 Å². The summed E-state index contributed by atoms with van der Waals surface area (Å²) < 4.78 is 5.14. The second-order valence-electron chi connectivity index (χ2n) is 5.13. The molecule has 21 heavy (non-hydrogen) atoms. The van der Waals surface area contributed by atoms with Crippen molar-refractivity contribution in [3.63, 3.8) is 0 Å². The van der Waals surface area contributed by atoms with Gasteiger partial charge in [-0.1, -0.05) is 43.7 Å². The van der Waals surface area contributed by atoms with E-state index in [-0.39, 0.29) is 0 Å². The summed E-state index contributed by atoms with van der Waals surface area (Å²) in [5.74, 6) is 7.24. The summed E-state index contributed by atoms with van der Waals surface area (Å²) in [5.41, 5.74) is 3.46. The first-order valence-electron chi connectivity index (χ1n) is 7.57. The number of unbranched alkanes of at least 4 members (excludes halogenated alkanes) is 2. The van der Waals surface area contributed by atoms with Crippen LogP contribution >= 0.6 is 0 Å².